The van der Waals surface area contributed by atoms with Crippen molar-refractivity contribution in [2.75, 3.05) is 28.1 Å². The van der Waals surface area contributed by atoms with E-state index in [2.05, 4.69) is 0 Å². The molecule has 0 saturated carbocycles. The van der Waals surface area contributed by atoms with Crippen molar-refractivity contribution < 1.29 is 33.6 Å². The summed E-state index contributed by atoms with van der Waals surface area (Å²) < 4.78 is 21.5. The molecule has 1 saturated heterocycles. The Hall–Kier alpha value is -3.26. The van der Waals surface area contributed by atoms with E-state index < -0.39 is 24.0 Å². The van der Waals surface area contributed by atoms with Crippen molar-refractivity contribution in [2.45, 2.75) is 12.1 Å². The van der Waals surface area contributed by atoms with Gasteiger partial charge in [0.1, 0.15) is 12.8 Å². The van der Waals surface area contributed by atoms with Crippen molar-refractivity contribution in [1.29, 1.82) is 0 Å². The maximum absolute atomic E-state index is 13.1. The molecule has 1 fully saturated rings. The predicted molar refractivity (Wildman–Crippen MR) is 98.8 cm³/mol. The first-order chi connectivity index (χ1) is 13.5. The van der Waals surface area contributed by atoms with Crippen LogP contribution in [-0.4, -0.2) is 56.0 Å². The van der Waals surface area contributed by atoms with Crippen LogP contribution < -0.4 is 14.2 Å². The molecule has 3 rings (SSSR count). The Labute approximate surface area is 162 Å². The Kier molecular flexibility index (Phi) is 5.70. The highest BCUT2D eigenvalue weighted by Gasteiger charge is 2.44. The number of aliphatic carboxylic acids is 1. The van der Waals surface area contributed by atoms with E-state index >= 15 is 0 Å². The van der Waals surface area contributed by atoms with Crippen molar-refractivity contribution in [1.82, 2.24) is 4.90 Å². The van der Waals surface area contributed by atoms with Gasteiger partial charge in [-0.15, -0.1) is 0 Å². The molecule has 1 aliphatic heterocycles. The van der Waals surface area contributed by atoms with Crippen molar-refractivity contribution in [3.63, 3.8) is 0 Å². The van der Waals surface area contributed by atoms with Crippen LogP contribution in [0.2, 0.25) is 0 Å². The van der Waals surface area contributed by atoms with Crippen LogP contribution >= 0.6 is 0 Å². The molecule has 1 amide bonds. The minimum atomic E-state index is -1.16. The molecule has 0 spiro atoms. The first-order valence-corrected chi connectivity index (χ1v) is 8.52. The Morgan fingerprint density at radius 3 is 2.14 bits per heavy atom. The van der Waals surface area contributed by atoms with Crippen LogP contribution in [-0.2, 0) is 9.53 Å². The monoisotopic (exact) mass is 387 g/mol. The number of carbonyl (C=O) groups excluding carboxylic acids is 1. The zero-order valence-electron chi connectivity index (χ0n) is 15.7. The fourth-order valence-electron chi connectivity index (χ4n) is 3.23. The average molecular weight is 387 g/mol. The lowest BCUT2D eigenvalue weighted by Gasteiger charge is -2.23. The van der Waals surface area contributed by atoms with E-state index in [0.717, 1.165) is 0 Å². The molecule has 2 aromatic rings. The lowest BCUT2D eigenvalue weighted by Crippen LogP contribution is -2.42. The number of hydrogen-bond donors (Lipinski definition) is 1. The third kappa shape index (κ3) is 3.46. The summed E-state index contributed by atoms with van der Waals surface area (Å²) >= 11 is 0. The molecule has 1 heterocycles. The van der Waals surface area contributed by atoms with Gasteiger partial charge in [0.15, 0.2) is 17.5 Å². The summed E-state index contributed by atoms with van der Waals surface area (Å²) in [5.74, 6) is -0.706. The molecule has 2 aromatic carbocycles. The largest absolute Gasteiger partial charge is 0.493 e. The maximum atomic E-state index is 13.1. The van der Waals surface area contributed by atoms with Gasteiger partial charge >= 0.3 is 5.97 Å². The minimum absolute atomic E-state index is 0.147. The molecule has 1 aliphatic rings. The zero-order chi connectivity index (χ0) is 20.3. The molecule has 2 atom stereocenters. The van der Waals surface area contributed by atoms with Crippen LogP contribution in [0.5, 0.6) is 17.2 Å². The van der Waals surface area contributed by atoms with Gasteiger partial charge in [-0.1, -0.05) is 30.3 Å². The molecule has 28 heavy (non-hydrogen) atoms. The van der Waals surface area contributed by atoms with E-state index in [1.165, 1.54) is 38.4 Å². The van der Waals surface area contributed by atoms with E-state index in [9.17, 15) is 14.7 Å². The number of nitrogens with zero attached hydrogens (tertiary/aromatic N) is 1. The van der Waals surface area contributed by atoms with E-state index in [1.807, 2.05) is 6.07 Å². The topological polar surface area (TPSA) is 94.5 Å². The highest BCUT2D eigenvalue weighted by Crippen LogP contribution is 2.39. The van der Waals surface area contributed by atoms with E-state index in [4.69, 9.17) is 18.9 Å². The number of methoxy groups -OCH3 is 3. The molecule has 148 valence electrons. The summed E-state index contributed by atoms with van der Waals surface area (Å²) in [7, 11) is 4.34. The smallest absolute Gasteiger partial charge is 0.329 e. The van der Waals surface area contributed by atoms with Crippen molar-refractivity contribution in [3.8, 4) is 17.2 Å². The molecule has 0 aliphatic carbocycles. The highest BCUT2D eigenvalue weighted by molar-refractivity contribution is 5.98. The number of ether oxygens (including phenoxy) is 4. The normalized spacial score (nSPS) is 18.6. The summed E-state index contributed by atoms with van der Waals surface area (Å²) in [6.45, 7) is -0.147. The maximum Gasteiger partial charge on any atom is 0.329 e. The van der Waals surface area contributed by atoms with Crippen LogP contribution in [0.1, 0.15) is 22.0 Å². The van der Waals surface area contributed by atoms with Gasteiger partial charge in [0.25, 0.3) is 5.91 Å². The molecule has 1 N–H and O–H groups in total. The zero-order valence-corrected chi connectivity index (χ0v) is 15.7. The van der Waals surface area contributed by atoms with Gasteiger partial charge < -0.3 is 24.1 Å². The molecule has 8 nitrogen and oxygen atoms in total. The number of carboxylic acids is 1. The summed E-state index contributed by atoms with van der Waals surface area (Å²) in [4.78, 5) is 26.2. The number of amides is 1. The molecule has 8 heteroatoms. The van der Waals surface area contributed by atoms with E-state index in [1.54, 1.807) is 24.3 Å². The van der Waals surface area contributed by atoms with Crippen LogP contribution in [0.3, 0.4) is 0 Å². The van der Waals surface area contributed by atoms with Crippen molar-refractivity contribution in [2.24, 2.45) is 0 Å². The molecule has 0 bridgehead atoms. The highest BCUT2D eigenvalue weighted by atomic mass is 16.5. The first kappa shape index (κ1) is 19.5. The van der Waals surface area contributed by atoms with E-state index in [-0.39, 0.29) is 12.3 Å². The number of carboxylic acid groups (broad SMARTS) is 1. The van der Waals surface area contributed by atoms with Crippen molar-refractivity contribution in [3.05, 3.63) is 53.6 Å². The SMILES string of the molecule is COc1cc(C(=O)N2COC(c3ccccc3)C2C(=O)O)cc(OC)c1OC. The Morgan fingerprint density at radius 2 is 1.64 bits per heavy atom. The molecular formula is C20H21NO7. The molecule has 0 radical (unpaired) electrons. The second-order valence-corrected chi connectivity index (χ2v) is 6.10. The van der Waals surface area contributed by atoms with Gasteiger partial charge in [-0.05, 0) is 17.7 Å². The van der Waals surface area contributed by atoms with Gasteiger partial charge in [0.05, 0.1) is 21.3 Å². The Bertz CT molecular complexity index is 843. The summed E-state index contributed by atoms with van der Waals surface area (Å²) in [6.07, 6.45) is -0.760. The fraction of sp³-hybridized carbons (Fsp3) is 0.300. The molecular weight excluding hydrogens is 366 g/mol. The Balaban J connectivity index is 1.97. The van der Waals surface area contributed by atoms with Gasteiger partial charge in [-0.2, -0.15) is 0 Å². The minimum Gasteiger partial charge on any atom is -0.493 e. The summed E-state index contributed by atoms with van der Waals surface area (Å²) in [5.41, 5.74) is 0.896. The lowest BCUT2D eigenvalue weighted by atomic mass is 10.0. The van der Waals surface area contributed by atoms with Crippen LogP contribution in [0.25, 0.3) is 0 Å². The van der Waals surface area contributed by atoms with Gasteiger partial charge in [0.2, 0.25) is 5.75 Å². The predicted octanol–water partition coefficient (Wildman–Crippen LogP) is 2.34. The van der Waals surface area contributed by atoms with Crippen LogP contribution in [0.4, 0.5) is 0 Å². The van der Waals surface area contributed by atoms with Gasteiger partial charge in [-0.25, -0.2) is 4.79 Å². The standard InChI is InChI=1S/C20H21NO7/c1-25-14-9-13(10-15(26-2)18(14)27-3)19(22)21-11-28-17(16(21)20(23)24)12-7-5-4-6-8-12/h4-10,16-17H,11H2,1-3H3,(H,23,24). The number of benzene rings is 2. The average Bonchev–Trinajstić information content (AvgIpc) is 3.18. The lowest BCUT2D eigenvalue weighted by molar-refractivity contribution is -0.142. The number of carbonyl (C=O) groups is 2. The Morgan fingerprint density at radius 1 is 1.04 bits per heavy atom. The quantitative estimate of drug-likeness (QED) is 0.813. The van der Waals surface area contributed by atoms with Gasteiger partial charge in [0, 0.05) is 5.56 Å². The number of hydrogen-bond acceptors (Lipinski definition) is 6. The second kappa shape index (κ2) is 8.18. The molecule has 2 unspecified atom stereocenters. The molecule has 0 aromatic heterocycles. The van der Waals surface area contributed by atoms with Gasteiger partial charge in [-0.3, -0.25) is 9.69 Å². The number of rotatable bonds is 6. The van der Waals surface area contributed by atoms with Crippen LogP contribution in [0.15, 0.2) is 42.5 Å². The third-order valence-electron chi connectivity index (χ3n) is 4.57. The first-order valence-electron chi connectivity index (χ1n) is 8.52. The summed E-state index contributed by atoms with van der Waals surface area (Å²) in [5, 5.41) is 9.75. The van der Waals surface area contributed by atoms with Crippen molar-refractivity contribution >= 4 is 11.9 Å². The fourth-order valence-corrected chi connectivity index (χ4v) is 3.23. The third-order valence-corrected chi connectivity index (χ3v) is 4.57. The second-order valence-electron chi connectivity index (χ2n) is 6.10. The van der Waals surface area contributed by atoms with Crippen LogP contribution in [0, 0.1) is 0 Å². The van der Waals surface area contributed by atoms with E-state index in [0.29, 0.717) is 22.8 Å². The summed E-state index contributed by atoms with van der Waals surface area (Å²) in [6, 6.07) is 10.8.